The summed E-state index contributed by atoms with van der Waals surface area (Å²) in [6, 6.07) is 2.67. The molecule has 1 rings (SSSR count). The van der Waals surface area contributed by atoms with Crippen molar-refractivity contribution >= 4 is 11.8 Å². The molecule has 0 radical (unpaired) electrons. The molecular formula is C13H25N3S. The first-order valence-corrected chi connectivity index (χ1v) is 7.77. The molecule has 0 bridgehead atoms. The van der Waals surface area contributed by atoms with Gasteiger partial charge in [0.2, 0.25) is 0 Å². The summed E-state index contributed by atoms with van der Waals surface area (Å²) in [5, 5.41) is 8.73. The SMILES string of the molecule is CCC(CC)n1ccc(CNCC(C)SC)n1. The van der Waals surface area contributed by atoms with Gasteiger partial charge in [-0.15, -0.1) is 0 Å². The number of hydrogen-bond acceptors (Lipinski definition) is 3. The van der Waals surface area contributed by atoms with Gasteiger partial charge in [-0.1, -0.05) is 20.8 Å². The van der Waals surface area contributed by atoms with Gasteiger partial charge in [0.15, 0.2) is 0 Å². The molecule has 1 unspecified atom stereocenters. The maximum Gasteiger partial charge on any atom is 0.0762 e. The van der Waals surface area contributed by atoms with Crippen LogP contribution in [0.2, 0.25) is 0 Å². The molecule has 4 heteroatoms. The van der Waals surface area contributed by atoms with Crippen molar-refractivity contribution in [1.82, 2.24) is 15.1 Å². The Kier molecular flexibility index (Phi) is 6.66. The second-order valence-corrected chi connectivity index (χ2v) is 5.71. The predicted octanol–water partition coefficient (Wildman–Crippen LogP) is 3.09. The predicted molar refractivity (Wildman–Crippen MR) is 76.5 cm³/mol. The molecule has 0 fully saturated rings. The van der Waals surface area contributed by atoms with Crippen LogP contribution >= 0.6 is 11.8 Å². The average molecular weight is 255 g/mol. The first-order chi connectivity index (χ1) is 8.21. The van der Waals surface area contributed by atoms with E-state index >= 15 is 0 Å². The minimum absolute atomic E-state index is 0.550. The maximum absolute atomic E-state index is 4.62. The van der Waals surface area contributed by atoms with E-state index in [0.29, 0.717) is 11.3 Å². The Balaban J connectivity index is 2.40. The Morgan fingerprint density at radius 2 is 2.12 bits per heavy atom. The van der Waals surface area contributed by atoms with Gasteiger partial charge in [0, 0.05) is 24.5 Å². The van der Waals surface area contributed by atoms with Crippen molar-refractivity contribution in [2.24, 2.45) is 0 Å². The fraction of sp³-hybridized carbons (Fsp3) is 0.769. The first kappa shape index (κ1) is 14.6. The lowest BCUT2D eigenvalue weighted by molar-refractivity contribution is 0.424. The molecule has 0 amide bonds. The second kappa shape index (κ2) is 7.77. The second-order valence-electron chi connectivity index (χ2n) is 4.43. The minimum atomic E-state index is 0.550. The zero-order valence-electron chi connectivity index (χ0n) is 11.4. The zero-order valence-corrected chi connectivity index (χ0v) is 12.3. The maximum atomic E-state index is 4.62. The molecule has 3 nitrogen and oxygen atoms in total. The lowest BCUT2D eigenvalue weighted by atomic mass is 10.2. The fourth-order valence-electron chi connectivity index (χ4n) is 1.82. The molecule has 1 aromatic rings. The molecule has 17 heavy (non-hydrogen) atoms. The normalized spacial score (nSPS) is 13.2. The van der Waals surface area contributed by atoms with Gasteiger partial charge >= 0.3 is 0 Å². The third-order valence-electron chi connectivity index (χ3n) is 3.12. The quantitative estimate of drug-likeness (QED) is 0.774. The molecule has 0 saturated heterocycles. The summed E-state index contributed by atoms with van der Waals surface area (Å²) < 4.78 is 2.11. The smallest absolute Gasteiger partial charge is 0.0762 e. The lowest BCUT2D eigenvalue weighted by Gasteiger charge is -2.12. The Bertz CT molecular complexity index is 307. The largest absolute Gasteiger partial charge is 0.310 e. The zero-order chi connectivity index (χ0) is 12.7. The Morgan fingerprint density at radius 1 is 1.41 bits per heavy atom. The van der Waals surface area contributed by atoms with Crippen molar-refractivity contribution in [2.45, 2.75) is 51.4 Å². The number of hydrogen-bond donors (Lipinski definition) is 1. The molecule has 0 spiro atoms. The molecule has 0 aliphatic rings. The molecule has 0 aliphatic carbocycles. The Morgan fingerprint density at radius 3 is 2.71 bits per heavy atom. The van der Waals surface area contributed by atoms with Crippen molar-refractivity contribution in [1.29, 1.82) is 0 Å². The van der Waals surface area contributed by atoms with Crippen LogP contribution in [0.5, 0.6) is 0 Å². The van der Waals surface area contributed by atoms with Crippen LogP contribution in [0.25, 0.3) is 0 Å². The van der Waals surface area contributed by atoms with E-state index in [1.54, 1.807) is 0 Å². The van der Waals surface area contributed by atoms with E-state index in [0.717, 1.165) is 31.6 Å². The van der Waals surface area contributed by atoms with Crippen LogP contribution in [-0.2, 0) is 6.54 Å². The molecule has 1 N–H and O–H groups in total. The average Bonchev–Trinajstić information content (AvgIpc) is 2.79. The van der Waals surface area contributed by atoms with Crippen molar-refractivity contribution in [2.75, 3.05) is 12.8 Å². The van der Waals surface area contributed by atoms with Gasteiger partial charge in [0.25, 0.3) is 0 Å². The van der Waals surface area contributed by atoms with E-state index in [4.69, 9.17) is 0 Å². The molecule has 0 aliphatic heterocycles. The molecule has 1 aromatic heterocycles. The number of nitrogens with one attached hydrogen (secondary N) is 1. The standard InChI is InChI=1S/C13H25N3S/c1-5-13(6-2)16-8-7-12(15-16)10-14-9-11(3)17-4/h7-8,11,13-14H,5-6,9-10H2,1-4H3. The van der Waals surface area contributed by atoms with E-state index in [1.807, 2.05) is 11.8 Å². The highest BCUT2D eigenvalue weighted by atomic mass is 32.2. The summed E-state index contributed by atoms with van der Waals surface area (Å²) in [7, 11) is 0. The Labute approximate surface area is 109 Å². The molecule has 0 saturated carbocycles. The lowest BCUT2D eigenvalue weighted by Crippen LogP contribution is -2.22. The van der Waals surface area contributed by atoms with E-state index in [1.165, 1.54) is 0 Å². The fourth-order valence-corrected chi connectivity index (χ4v) is 2.11. The van der Waals surface area contributed by atoms with Gasteiger partial charge in [-0.25, -0.2) is 0 Å². The van der Waals surface area contributed by atoms with Gasteiger partial charge in [-0.05, 0) is 25.2 Å². The van der Waals surface area contributed by atoms with Gasteiger partial charge < -0.3 is 5.32 Å². The van der Waals surface area contributed by atoms with Gasteiger partial charge in [0.05, 0.1) is 11.7 Å². The topological polar surface area (TPSA) is 29.9 Å². The van der Waals surface area contributed by atoms with Gasteiger partial charge in [0.1, 0.15) is 0 Å². The van der Waals surface area contributed by atoms with Gasteiger partial charge in [-0.3, -0.25) is 4.68 Å². The molecule has 0 aromatic carbocycles. The van der Waals surface area contributed by atoms with Crippen LogP contribution in [0.1, 0.15) is 45.3 Å². The minimum Gasteiger partial charge on any atom is -0.310 e. The third kappa shape index (κ3) is 4.72. The van der Waals surface area contributed by atoms with Gasteiger partial charge in [-0.2, -0.15) is 16.9 Å². The number of rotatable bonds is 8. The highest BCUT2D eigenvalue weighted by Crippen LogP contribution is 2.14. The van der Waals surface area contributed by atoms with Crippen LogP contribution in [0.4, 0.5) is 0 Å². The van der Waals surface area contributed by atoms with Crippen LogP contribution in [0.3, 0.4) is 0 Å². The van der Waals surface area contributed by atoms with E-state index in [2.05, 4.69) is 54.4 Å². The summed E-state index contributed by atoms with van der Waals surface area (Å²) in [4.78, 5) is 0. The van der Waals surface area contributed by atoms with E-state index in [9.17, 15) is 0 Å². The van der Waals surface area contributed by atoms with E-state index in [-0.39, 0.29) is 0 Å². The number of thioether (sulfide) groups is 1. The Hall–Kier alpha value is -0.480. The van der Waals surface area contributed by atoms with Crippen LogP contribution in [0, 0.1) is 0 Å². The summed E-state index contributed by atoms with van der Waals surface area (Å²) in [5.41, 5.74) is 1.14. The van der Waals surface area contributed by atoms with Crippen LogP contribution in [-0.4, -0.2) is 27.8 Å². The van der Waals surface area contributed by atoms with Crippen molar-refractivity contribution in [3.63, 3.8) is 0 Å². The summed E-state index contributed by atoms with van der Waals surface area (Å²) >= 11 is 1.89. The molecule has 1 atom stereocenters. The highest BCUT2D eigenvalue weighted by Gasteiger charge is 2.07. The molecule has 98 valence electrons. The van der Waals surface area contributed by atoms with Crippen molar-refractivity contribution in [3.8, 4) is 0 Å². The van der Waals surface area contributed by atoms with Crippen LogP contribution in [0.15, 0.2) is 12.3 Å². The van der Waals surface area contributed by atoms with Crippen molar-refractivity contribution in [3.05, 3.63) is 18.0 Å². The summed E-state index contributed by atoms with van der Waals surface area (Å²) in [6.07, 6.45) is 6.55. The molecule has 1 heterocycles. The van der Waals surface area contributed by atoms with Crippen molar-refractivity contribution < 1.29 is 0 Å². The summed E-state index contributed by atoms with van der Waals surface area (Å²) in [5.74, 6) is 0. The third-order valence-corrected chi connectivity index (χ3v) is 4.09. The monoisotopic (exact) mass is 255 g/mol. The van der Waals surface area contributed by atoms with E-state index < -0.39 is 0 Å². The molecular weight excluding hydrogens is 230 g/mol. The first-order valence-electron chi connectivity index (χ1n) is 6.48. The summed E-state index contributed by atoms with van der Waals surface area (Å²) in [6.45, 7) is 8.58. The highest BCUT2D eigenvalue weighted by molar-refractivity contribution is 7.99. The number of aromatic nitrogens is 2. The van der Waals surface area contributed by atoms with Crippen LogP contribution < -0.4 is 5.32 Å². The number of nitrogens with zero attached hydrogens (tertiary/aromatic N) is 2.